The van der Waals surface area contributed by atoms with E-state index in [0.717, 1.165) is 23.9 Å². The standard InChI is InChI=1S/C21H22N2O2S/c24-19-13-16-7-2-1-6-15(16)12-17(19)21(25)22-14-18(20-8-5-11-26-20)23-9-3-4-10-23/h1-2,5-8,11-13,18,24H,3-4,9-10,14H2,(H,22,25). The topological polar surface area (TPSA) is 52.6 Å². The zero-order chi connectivity index (χ0) is 17.9. The molecule has 1 fully saturated rings. The van der Waals surface area contributed by atoms with Gasteiger partial charge in [-0.1, -0.05) is 30.3 Å². The summed E-state index contributed by atoms with van der Waals surface area (Å²) in [6.07, 6.45) is 2.42. The monoisotopic (exact) mass is 366 g/mol. The van der Waals surface area contributed by atoms with Crippen molar-refractivity contribution in [1.82, 2.24) is 10.2 Å². The molecule has 4 rings (SSSR count). The molecule has 4 nitrogen and oxygen atoms in total. The highest BCUT2D eigenvalue weighted by Crippen LogP contribution is 2.29. The summed E-state index contributed by atoms with van der Waals surface area (Å²) in [5.41, 5.74) is 0.329. The molecule has 1 aromatic heterocycles. The molecular formula is C21H22N2O2S. The Morgan fingerprint density at radius 3 is 2.54 bits per heavy atom. The van der Waals surface area contributed by atoms with E-state index in [1.165, 1.54) is 17.7 Å². The van der Waals surface area contributed by atoms with Crippen LogP contribution in [0.1, 0.15) is 34.1 Å². The number of phenolic OH excluding ortho intramolecular Hbond substituents is 1. The van der Waals surface area contributed by atoms with E-state index in [9.17, 15) is 9.90 Å². The van der Waals surface area contributed by atoms with Crippen molar-refractivity contribution in [1.29, 1.82) is 0 Å². The molecule has 1 atom stereocenters. The third-order valence-corrected chi connectivity index (χ3v) is 5.99. The van der Waals surface area contributed by atoms with Gasteiger partial charge in [0.15, 0.2) is 0 Å². The van der Waals surface area contributed by atoms with Crippen LogP contribution >= 0.6 is 11.3 Å². The summed E-state index contributed by atoms with van der Waals surface area (Å²) in [4.78, 5) is 16.4. The molecule has 26 heavy (non-hydrogen) atoms. The molecule has 1 saturated heterocycles. The van der Waals surface area contributed by atoms with Gasteiger partial charge in [0, 0.05) is 11.4 Å². The molecule has 1 aliphatic rings. The predicted octanol–water partition coefficient (Wildman–Crippen LogP) is 4.17. The molecule has 3 aromatic rings. The molecule has 0 bridgehead atoms. The van der Waals surface area contributed by atoms with Crippen LogP contribution in [0.3, 0.4) is 0 Å². The van der Waals surface area contributed by atoms with Gasteiger partial charge in [0.1, 0.15) is 5.75 Å². The molecule has 134 valence electrons. The van der Waals surface area contributed by atoms with Gasteiger partial charge in [-0.05, 0) is 60.3 Å². The predicted molar refractivity (Wildman–Crippen MR) is 106 cm³/mol. The van der Waals surface area contributed by atoms with E-state index in [2.05, 4.69) is 27.7 Å². The normalized spacial score (nSPS) is 16.0. The quantitative estimate of drug-likeness (QED) is 0.712. The van der Waals surface area contributed by atoms with E-state index in [1.807, 2.05) is 24.3 Å². The van der Waals surface area contributed by atoms with E-state index in [1.54, 1.807) is 23.5 Å². The number of hydrogen-bond acceptors (Lipinski definition) is 4. The molecule has 1 unspecified atom stereocenters. The number of phenols is 1. The summed E-state index contributed by atoms with van der Waals surface area (Å²) >= 11 is 1.73. The van der Waals surface area contributed by atoms with E-state index < -0.39 is 0 Å². The van der Waals surface area contributed by atoms with Crippen molar-refractivity contribution in [2.75, 3.05) is 19.6 Å². The lowest BCUT2D eigenvalue weighted by atomic mass is 10.1. The lowest BCUT2D eigenvalue weighted by molar-refractivity contribution is 0.0936. The molecular weight excluding hydrogens is 344 g/mol. The van der Waals surface area contributed by atoms with Gasteiger partial charge in [-0.25, -0.2) is 0 Å². The molecule has 2 aromatic carbocycles. The first kappa shape index (κ1) is 17.1. The minimum Gasteiger partial charge on any atom is -0.507 e. The average Bonchev–Trinajstić information content (AvgIpc) is 3.35. The highest BCUT2D eigenvalue weighted by molar-refractivity contribution is 7.10. The van der Waals surface area contributed by atoms with Crippen molar-refractivity contribution < 1.29 is 9.90 Å². The van der Waals surface area contributed by atoms with Crippen LogP contribution in [-0.2, 0) is 0 Å². The van der Waals surface area contributed by atoms with Crippen LogP contribution in [0, 0.1) is 0 Å². The number of nitrogens with zero attached hydrogens (tertiary/aromatic N) is 1. The largest absolute Gasteiger partial charge is 0.507 e. The van der Waals surface area contributed by atoms with Crippen molar-refractivity contribution in [3.05, 3.63) is 64.4 Å². The first-order valence-electron chi connectivity index (χ1n) is 9.00. The Morgan fingerprint density at radius 1 is 1.12 bits per heavy atom. The molecule has 0 spiro atoms. The zero-order valence-electron chi connectivity index (χ0n) is 14.5. The number of hydrogen-bond donors (Lipinski definition) is 2. The number of fused-ring (bicyclic) bond motifs is 1. The summed E-state index contributed by atoms with van der Waals surface area (Å²) in [6.45, 7) is 2.69. The van der Waals surface area contributed by atoms with Gasteiger partial charge in [-0.3, -0.25) is 9.69 Å². The molecule has 0 radical (unpaired) electrons. The Labute approximate surface area is 157 Å². The van der Waals surface area contributed by atoms with E-state index >= 15 is 0 Å². The minimum absolute atomic E-state index is 0.0232. The highest BCUT2D eigenvalue weighted by atomic mass is 32.1. The number of carbonyl (C=O) groups excluding carboxylic acids is 1. The number of benzene rings is 2. The first-order valence-corrected chi connectivity index (χ1v) is 9.88. The molecule has 2 N–H and O–H groups in total. The molecule has 0 aliphatic carbocycles. The van der Waals surface area contributed by atoms with E-state index in [-0.39, 0.29) is 17.7 Å². The number of aromatic hydroxyl groups is 1. The zero-order valence-corrected chi connectivity index (χ0v) is 15.3. The number of amides is 1. The average molecular weight is 366 g/mol. The van der Waals surface area contributed by atoms with E-state index in [0.29, 0.717) is 12.1 Å². The summed E-state index contributed by atoms with van der Waals surface area (Å²) in [5.74, 6) is -0.205. The number of carbonyl (C=O) groups is 1. The van der Waals surface area contributed by atoms with Gasteiger partial charge < -0.3 is 10.4 Å². The maximum atomic E-state index is 12.7. The van der Waals surface area contributed by atoms with Gasteiger partial charge in [-0.15, -0.1) is 11.3 Å². The first-order chi connectivity index (χ1) is 12.7. The highest BCUT2D eigenvalue weighted by Gasteiger charge is 2.25. The SMILES string of the molecule is O=C(NCC(c1cccs1)N1CCCC1)c1cc2ccccc2cc1O. The Morgan fingerprint density at radius 2 is 1.85 bits per heavy atom. The summed E-state index contributed by atoms with van der Waals surface area (Å²) in [5, 5.41) is 17.3. The number of rotatable bonds is 5. The van der Waals surface area contributed by atoms with Gasteiger partial charge >= 0.3 is 0 Å². The van der Waals surface area contributed by atoms with Crippen molar-refractivity contribution in [2.45, 2.75) is 18.9 Å². The van der Waals surface area contributed by atoms with Crippen LogP contribution < -0.4 is 5.32 Å². The van der Waals surface area contributed by atoms with Crippen molar-refractivity contribution in [2.24, 2.45) is 0 Å². The molecule has 2 heterocycles. The van der Waals surface area contributed by atoms with Crippen LogP contribution in [0.5, 0.6) is 5.75 Å². The molecule has 1 amide bonds. The fourth-order valence-corrected chi connectivity index (χ4v) is 4.50. The van der Waals surface area contributed by atoms with Gasteiger partial charge in [-0.2, -0.15) is 0 Å². The lowest BCUT2D eigenvalue weighted by Crippen LogP contribution is -2.36. The summed E-state index contributed by atoms with van der Waals surface area (Å²) < 4.78 is 0. The van der Waals surface area contributed by atoms with Gasteiger partial charge in [0.25, 0.3) is 5.91 Å². The second-order valence-electron chi connectivity index (χ2n) is 6.70. The maximum absolute atomic E-state index is 12.7. The lowest BCUT2D eigenvalue weighted by Gasteiger charge is -2.27. The van der Waals surface area contributed by atoms with Crippen LogP contribution in [0.2, 0.25) is 0 Å². The molecule has 5 heteroatoms. The number of likely N-dealkylation sites (tertiary alicyclic amines) is 1. The Bertz CT molecular complexity index is 902. The van der Waals surface area contributed by atoms with Gasteiger partial charge in [0.2, 0.25) is 0 Å². The summed E-state index contributed by atoms with van der Waals surface area (Å²) in [6, 6.07) is 15.5. The molecule has 0 saturated carbocycles. The minimum atomic E-state index is -0.228. The van der Waals surface area contributed by atoms with Crippen LogP contribution in [0.15, 0.2) is 53.9 Å². The third kappa shape index (κ3) is 3.45. The number of thiophene rings is 1. The second-order valence-corrected chi connectivity index (χ2v) is 7.68. The van der Waals surface area contributed by atoms with Crippen LogP contribution in [0.25, 0.3) is 10.8 Å². The van der Waals surface area contributed by atoms with Crippen LogP contribution in [-0.4, -0.2) is 35.5 Å². The molecule has 1 aliphatic heterocycles. The Kier molecular flexibility index (Phi) is 4.91. The van der Waals surface area contributed by atoms with E-state index in [4.69, 9.17) is 0 Å². The van der Waals surface area contributed by atoms with Crippen molar-refractivity contribution in [3.63, 3.8) is 0 Å². The fourth-order valence-electron chi connectivity index (χ4n) is 3.64. The van der Waals surface area contributed by atoms with Gasteiger partial charge in [0.05, 0.1) is 11.6 Å². The Hall–Kier alpha value is -2.37. The van der Waals surface area contributed by atoms with Crippen LogP contribution in [0.4, 0.5) is 0 Å². The summed E-state index contributed by atoms with van der Waals surface area (Å²) in [7, 11) is 0. The fraction of sp³-hybridized carbons (Fsp3) is 0.286. The third-order valence-electron chi connectivity index (χ3n) is 5.02. The number of nitrogens with one attached hydrogen (secondary N) is 1. The van der Waals surface area contributed by atoms with Crippen molar-refractivity contribution in [3.8, 4) is 5.75 Å². The Balaban J connectivity index is 1.52. The smallest absolute Gasteiger partial charge is 0.255 e. The maximum Gasteiger partial charge on any atom is 0.255 e. The van der Waals surface area contributed by atoms with Crippen molar-refractivity contribution >= 4 is 28.0 Å². The second kappa shape index (κ2) is 7.48.